The van der Waals surface area contributed by atoms with Crippen LogP contribution in [0.25, 0.3) is 0 Å². The minimum atomic E-state index is -0.397. The number of aliphatic hydroxyl groups excluding tert-OH is 1. The highest BCUT2D eigenvalue weighted by Gasteiger charge is 2.20. The predicted octanol–water partition coefficient (Wildman–Crippen LogP) is 2.46. The first-order valence-electron chi connectivity index (χ1n) is 7.23. The molecule has 0 saturated heterocycles. The van der Waals surface area contributed by atoms with Crippen molar-refractivity contribution in [2.45, 2.75) is 39.7 Å². The van der Waals surface area contributed by atoms with Crippen LogP contribution in [0.15, 0.2) is 24.3 Å². The van der Waals surface area contributed by atoms with E-state index in [-0.39, 0.29) is 17.3 Å². The van der Waals surface area contributed by atoms with E-state index >= 15 is 0 Å². The predicted molar refractivity (Wildman–Crippen MR) is 81.6 cm³/mol. The van der Waals surface area contributed by atoms with Gasteiger partial charge in [-0.3, -0.25) is 0 Å². The molecule has 0 aliphatic rings. The average molecular weight is 296 g/mol. The molecule has 2 amide bonds. The van der Waals surface area contributed by atoms with Gasteiger partial charge in [-0.15, -0.1) is 0 Å². The van der Waals surface area contributed by atoms with Crippen LogP contribution in [0.4, 0.5) is 9.18 Å². The van der Waals surface area contributed by atoms with Gasteiger partial charge in [-0.2, -0.15) is 0 Å². The summed E-state index contributed by atoms with van der Waals surface area (Å²) in [6.07, 6.45) is 0.672. The number of hydrogen-bond acceptors (Lipinski definition) is 2. The molecule has 0 saturated carbocycles. The zero-order valence-electron chi connectivity index (χ0n) is 12.9. The second-order valence-corrected chi connectivity index (χ2v) is 6.17. The van der Waals surface area contributed by atoms with Crippen LogP contribution in [-0.2, 0) is 6.42 Å². The standard InChI is InChI=1S/C16H25FN2O2/c1-12(20)10-16(2,3)11-19-15(21)18-9-8-13-6-4-5-7-14(13)17/h4-7,12,20H,8-11H2,1-3H3,(H2,18,19,21). The molecule has 3 N–H and O–H groups in total. The quantitative estimate of drug-likeness (QED) is 0.724. The van der Waals surface area contributed by atoms with Crippen LogP contribution in [0.2, 0.25) is 0 Å². The Morgan fingerprint density at radius 1 is 1.33 bits per heavy atom. The van der Waals surface area contributed by atoms with E-state index in [4.69, 9.17) is 0 Å². The summed E-state index contributed by atoms with van der Waals surface area (Å²) in [6, 6.07) is 6.26. The van der Waals surface area contributed by atoms with Crippen LogP contribution in [0.3, 0.4) is 0 Å². The third-order valence-corrected chi connectivity index (χ3v) is 3.21. The number of amides is 2. The number of benzene rings is 1. The van der Waals surface area contributed by atoms with Crippen LogP contribution < -0.4 is 10.6 Å². The number of nitrogens with one attached hydrogen (secondary N) is 2. The van der Waals surface area contributed by atoms with Gasteiger partial charge in [-0.1, -0.05) is 32.0 Å². The summed E-state index contributed by atoms with van der Waals surface area (Å²) >= 11 is 0. The third-order valence-electron chi connectivity index (χ3n) is 3.21. The van der Waals surface area contributed by atoms with Gasteiger partial charge in [-0.05, 0) is 36.8 Å². The Labute approximate surface area is 125 Å². The largest absolute Gasteiger partial charge is 0.393 e. The summed E-state index contributed by atoms with van der Waals surface area (Å²) < 4.78 is 13.4. The smallest absolute Gasteiger partial charge is 0.314 e. The van der Waals surface area contributed by atoms with Crippen molar-refractivity contribution in [3.05, 3.63) is 35.6 Å². The fourth-order valence-corrected chi connectivity index (χ4v) is 2.27. The monoisotopic (exact) mass is 296 g/mol. The molecule has 4 nitrogen and oxygen atoms in total. The van der Waals surface area contributed by atoms with Gasteiger partial charge in [0.1, 0.15) is 5.82 Å². The molecule has 1 rings (SSSR count). The van der Waals surface area contributed by atoms with E-state index in [9.17, 15) is 14.3 Å². The SMILES string of the molecule is CC(O)CC(C)(C)CNC(=O)NCCc1ccccc1F. The Morgan fingerprint density at radius 3 is 2.62 bits per heavy atom. The Morgan fingerprint density at radius 2 is 2.00 bits per heavy atom. The number of rotatable bonds is 7. The summed E-state index contributed by atoms with van der Waals surface area (Å²) in [6.45, 7) is 6.56. The minimum absolute atomic E-state index is 0.170. The van der Waals surface area contributed by atoms with Crippen molar-refractivity contribution in [3.8, 4) is 0 Å². The van der Waals surface area contributed by atoms with E-state index < -0.39 is 6.10 Å². The lowest BCUT2D eigenvalue weighted by Gasteiger charge is -2.26. The Hall–Kier alpha value is -1.62. The van der Waals surface area contributed by atoms with E-state index in [0.29, 0.717) is 31.5 Å². The average Bonchev–Trinajstić information content (AvgIpc) is 2.37. The van der Waals surface area contributed by atoms with E-state index in [1.54, 1.807) is 25.1 Å². The molecule has 1 aromatic rings. The lowest BCUT2D eigenvalue weighted by atomic mass is 9.87. The van der Waals surface area contributed by atoms with Gasteiger partial charge in [0.25, 0.3) is 0 Å². The second-order valence-electron chi connectivity index (χ2n) is 6.17. The minimum Gasteiger partial charge on any atom is -0.393 e. The molecular weight excluding hydrogens is 271 g/mol. The van der Waals surface area contributed by atoms with Crippen molar-refractivity contribution in [1.82, 2.24) is 10.6 Å². The van der Waals surface area contributed by atoms with Crippen LogP contribution in [0.1, 0.15) is 32.8 Å². The lowest BCUT2D eigenvalue weighted by molar-refractivity contribution is 0.129. The zero-order valence-corrected chi connectivity index (χ0v) is 12.9. The molecule has 118 valence electrons. The van der Waals surface area contributed by atoms with Crippen molar-refractivity contribution in [2.75, 3.05) is 13.1 Å². The second kappa shape index (κ2) is 7.98. The van der Waals surface area contributed by atoms with Gasteiger partial charge in [-0.25, -0.2) is 9.18 Å². The Bertz CT molecular complexity index is 461. The molecule has 1 aromatic carbocycles. The molecule has 21 heavy (non-hydrogen) atoms. The maximum absolute atomic E-state index is 13.4. The van der Waals surface area contributed by atoms with Crippen molar-refractivity contribution in [2.24, 2.45) is 5.41 Å². The van der Waals surface area contributed by atoms with E-state index in [2.05, 4.69) is 10.6 Å². The molecule has 0 aromatic heterocycles. The number of halogens is 1. The van der Waals surface area contributed by atoms with Gasteiger partial charge in [0.05, 0.1) is 6.10 Å². The van der Waals surface area contributed by atoms with Crippen molar-refractivity contribution in [1.29, 1.82) is 0 Å². The highest BCUT2D eigenvalue weighted by Crippen LogP contribution is 2.20. The van der Waals surface area contributed by atoms with Gasteiger partial charge in [0.2, 0.25) is 0 Å². The topological polar surface area (TPSA) is 61.4 Å². The fourth-order valence-electron chi connectivity index (χ4n) is 2.27. The Balaban J connectivity index is 2.27. The molecule has 0 heterocycles. The maximum atomic E-state index is 13.4. The number of carbonyl (C=O) groups excluding carboxylic acids is 1. The number of carbonyl (C=O) groups is 1. The lowest BCUT2D eigenvalue weighted by Crippen LogP contribution is -2.42. The summed E-state index contributed by atoms with van der Waals surface area (Å²) in [5, 5.41) is 14.9. The molecule has 0 aliphatic carbocycles. The zero-order chi connectivity index (χ0) is 15.9. The highest BCUT2D eigenvalue weighted by molar-refractivity contribution is 5.73. The molecule has 0 spiro atoms. The number of urea groups is 1. The van der Waals surface area contributed by atoms with Crippen LogP contribution >= 0.6 is 0 Å². The number of aliphatic hydroxyl groups is 1. The summed E-state index contributed by atoms with van der Waals surface area (Å²) in [7, 11) is 0. The summed E-state index contributed by atoms with van der Waals surface area (Å²) in [4.78, 5) is 11.7. The van der Waals surface area contributed by atoms with E-state index in [0.717, 1.165) is 0 Å². The van der Waals surface area contributed by atoms with E-state index in [1.165, 1.54) is 6.07 Å². The molecule has 0 aliphatic heterocycles. The molecule has 0 radical (unpaired) electrons. The molecular formula is C16H25FN2O2. The normalized spacial score (nSPS) is 12.8. The molecule has 5 heteroatoms. The van der Waals surface area contributed by atoms with Gasteiger partial charge in [0.15, 0.2) is 0 Å². The third kappa shape index (κ3) is 7.09. The van der Waals surface area contributed by atoms with Crippen molar-refractivity contribution < 1.29 is 14.3 Å². The van der Waals surface area contributed by atoms with Crippen molar-refractivity contribution >= 4 is 6.03 Å². The van der Waals surface area contributed by atoms with Gasteiger partial charge >= 0.3 is 6.03 Å². The van der Waals surface area contributed by atoms with Gasteiger partial charge < -0.3 is 15.7 Å². The van der Waals surface area contributed by atoms with Crippen molar-refractivity contribution in [3.63, 3.8) is 0 Å². The Kier molecular flexibility index (Phi) is 6.62. The summed E-state index contributed by atoms with van der Waals surface area (Å²) in [5.41, 5.74) is 0.420. The summed E-state index contributed by atoms with van der Waals surface area (Å²) in [5.74, 6) is -0.252. The molecule has 0 fully saturated rings. The van der Waals surface area contributed by atoms with E-state index in [1.807, 2.05) is 13.8 Å². The molecule has 1 atom stereocenters. The molecule has 0 bridgehead atoms. The first kappa shape index (κ1) is 17.4. The molecule has 1 unspecified atom stereocenters. The van der Waals surface area contributed by atoms with Crippen LogP contribution in [0.5, 0.6) is 0 Å². The fraction of sp³-hybridized carbons (Fsp3) is 0.562. The van der Waals surface area contributed by atoms with Gasteiger partial charge in [0, 0.05) is 13.1 Å². The van der Waals surface area contributed by atoms with Crippen LogP contribution in [-0.4, -0.2) is 30.3 Å². The first-order chi connectivity index (χ1) is 9.80. The highest BCUT2D eigenvalue weighted by atomic mass is 19.1. The number of hydrogen-bond donors (Lipinski definition) is 3. The maximum Gasteiger partial charge on any atom is 0.314 e. The van der Waals surface area contributed by atoms with Crippen LogP contribution in [0, 0.1) is 11.2 Å². The first-order valence-corrected chi connectivity index (χ1v) is 7.23.